The molecular formula is C17H15BrO5S. The smallest absolute Gasteiger partial charge is 0.321 e. The number of rotatable bonds is 7. The Morgan fingerprint density at radius 1 is 1.21 bits per heavy atom. The summed E-state index contributed by atoms with van der Waals surface area (Å²) < 4.78 is 6.58. The van der Waals surface area contributed by atoms with E-state index in [1.165, 1.54) is 11.8 Å². The van der Waals surface area contributed by atoms with Crippen molar-refractivity contribution in [2.75, 3.05) is 6.26 Å². The second kappa shape index (κ2) is 8.21. The van der Waals surface area contributed by atoms with Crippen LogP contribution in [0.4, 0.5) is 0 Å². The fraction of sp³-hybridized carbons (Fsp3) is 0.176. The van der Waals surface area contributed by atoms with Crippen LogP contribution in [-0.2, 0) is 16.0 Å². The zero-order valence-corrected chi connectivity index (χ0v) is 15.1. The first-order valence-corrected chi connectivity index (χ1v) is 9.02. The van der Waals surface area contributed by atoms with Crippen molar-refractivity contribution >= 4 is 39.6 Å². The highest BCUT2D eigenvalue weighted by Gasteiger charge is 2.23. The second-order valence-electron chi connectivity index (χ2n) is 4.96. The van der Waals surface area contributed by atoms with Crippen LogP contribution >= 0.6 is 27.7 Å². The molecule has 0 heterocycles. The van der Waals surface area contributed by atoms with Gasteiger partial charge in [0.05, 0.1) is 6.42 Å². The molecule has 0 fully saturated rings. The number of hydrogen-bond acceptors (Lipinski definition) is 4. The van der Waals surface area contributed by atoms with E-state index in [0.717, 1.165) is 4.47 Å². The lowest BCUT2D eigenvalue weighted by Gasteiger charge is -2.16. The van der Waals surface area contributed by atoms with E-state index in [0.29, 0.717) is 22.6 Å². The summed E-state index contributed by atoms with van der Waals surface area (Å²) in [7, 11) is 0. The van der Waals surface area contributed by atoms with Crippen molar-refractivity contribution in [3.8, 4) is 11.5 Å². The third-order valence-corrected chi connectivity index (χ3v) is 4.62. The molecule has 1 unspecified atom stereocenters. The third-order valence-electron chi connectivity index (χ3n) is 3.20. The van der Waals surface area contributed by atoms with E-state index in [2.05, 4.69) is 15.9 Å². The average Bonchev–Trinajstić information content (AvgIpc) is 2.50. The Kier molecular flexibility index (Phi) is 6.28. The van der Waals surface area contributed by atoms with Crippen LogP contribution < -0.4 is 4.74 Å². The molecule has 2 rings (SSSR count). The number of benzene rings is 2. The van der Waals surface area contributed by atoms with Gasteiger partial charge in [0.2, 0.25) is 0 Å². The van der Waals surface area contributed by atoms with Gasteiger partial charge in [-0.1, -0.05) is 28.1 Å². The molecule has 0 spiro atoms. The Morgan fingerprint density at radius 2 is 1.96 bits per heavy atom. The number of thioether (sulfide) groups is 1. The maximum absolute atomic E-state index is 11.5. The number of halogens is 1. The van der Waals surface area contributed by atoms with Crippen LogP contribution in [0.3, 0.4) is 0 Å². The lowest BCUT2D eigenvalue weighted by atomic mass is 10.1. The van der Waals surface area contributed by atoms with Crippen molar-refractivity contribution < 1.29 is 24.5 Å². The van der Waals surface area contributed by atoms with Gasteiger partial charge in [0.15, 0.2) is 0 Å². The molecule has 0 radical (unpaired) electrons. The average molecular weight is 411 g/mol. The highest BCUT2D eigenvalue weighted by Crippen LogP contribution is 2.38. The number of carbonyl (C=O) groups is 2. The summed E-state index contributed by atoms with van der Waals surface area (Å²) in [5.74, 6) is -0.995. The molecule has 24 heavy (non-hydrogen) atoms. The maximum Gasteiger partial charge on any atom is 0.321 e. The Bertz CT molecular complexity index is 762. The fourth-order valence-electron chi connectivity index (χ4n) is 2.20. The van der Waals surface area contributed by atoms with E-state index < -0.39 is 17.2 Å². The third kappa shape index (κ3) is 4.75. The summed E-state index contributed by atoms with van der Waals surface area (Å²) in [5, 5.41) is 17.5. The second-order valence-corrected chi connectivity index (χ2v) is 6.81. The molecule has 2 aromatic carbocycles. The van der Waals surface area contributed by atoms with Crippen LogP contribution in [0.2, 0.25) is 0 Å². The van der Waals surface area contributed by atoms with Gasteiger partial charge < -0.3 is 14.9 Å². The molecule has 2 N–H and O–H groups in total. The summed E-state index contributed by atoms with van der Waals surface area (Å²) in [6, 6.07) is 11.9. The quantitative estimate of drug-likeness (QED) is 0.705. The van der Waals surface area contributed by atoms with Gasteiger partial charge in [0, 0.05) is 10.0 Å². The molecule has 0 saturated heterocycles. The minimum atomic E-state index is -0.954. The molecule has 0 aliphatic rings. The van der Waals surface area contributed by atoms with Gasteiger partial charge in [0.1, 0.15) is 16.7 Å². The largest absolute Gasteiger partial charge is 0.481 e. The molecule has 0 amide bonds. The summed E-state index contributed by atoms with van der Waals surface area (Å²) in [6.07, 6.45) is 1.61. The van der Waals surface area contributed by atoms with Gasteiger partial charge in [-0.05, 0) is 42.2 Å². The Hall–Kier alpha value is -1.99. The number of hydrogen-bond donors (Lipinski definition) is 2. The maximum atomic E-state index is 11.5. The van der Waals surface area contributed by atoms with Crippen LogP contribution in [0.15, 0.2) is 46.9 Å². The SMILES string of the molecule is CSC(C(=O)O)c1cc(Br)ccc1Oc1cccc(CC(=O)O)c1. The monoisotopic (exact) mass is 410 g/mol. The minimum absolute atomic E-state index is 0.104. The fourth-order valence-corrected chi connectivity index (χ4v) is 3.22. The van der Waals surface area contributed by atoms with E-state index in [-0.39, 0.29) is 6.42 Å². The van der Waals surface area contributed by atoms with Gasteiger partial charge in [-0.25, -0.2) is 0 Å². The van der Waals surface area contributed by atoms with Crippen LogP contribution in [-0.4, -0.2) is 28.4 Å². The molecule has 5 nitrogen and oxygen atoms in total. The zero-order chi connectivity index (χ0) is 17.7. The summed E-state index contributed by atoms with van der Waals surface area (Å²) in [5.41, 5.74) is 1.14. The van der Waals surface area contributed by atoms with Gasteiger partial charge in [-0.3, -0.25) is 9.59 Å². The first-order chi connectivity index (χ1) is 11.4. The number of carboxylic acids is 2. The van der Waals surface area contributed by atoms with E-state index in [1.807, 2.05) is 0 Å². The topological polar surface area (TPSA) is 83.8 Å². The molecular weight excluding hydrogens is 396 g/mol. The lowest BCUT2D eigenvalue weighted by molar-refractivity contribution is -0.137. The lowest BCUT2D eigenvalue weighted by Crippen LogP contribution is -2.09. The first-order valence-electron chi connectivity index (χ1n) is 6.94. The summed E-state index contributed by atoms with van der Waals surface area (Å²) >= 11 is 4.54. The van der Waals surface area contributed by atoms with Crippen molar-refractivity contribution in [3.63, 3.8) is 0 Å². The van der Waals surface area contributed by atoms with Gasteiger partial charge >= 0.3 is 11.9 Å². The standard InChI is InChI=1S/C17H15BrO5S/c1-24-16(17(21)22)13-9-11(18)5-6-14(13)23-12-4-2-3-10(7-12)8-15(19)20/h2-7,9,16H,8H2,1H3,(H,19,20)(H,21,22). The normalized spacial score (nSPS) is 11.8. The van der Waals surface area contributed by atoms with Crippen LogP contribution in [0, 0.1) is 0 Å². The molecule has 0 aliphatic carbocycles. The molecule has 0 bridgehead atoms. The molecule has 1 atom stereocenters. The van der Waals surface area contributed by atoms with Crippen LogP contribution in [0.5, 0.6) is 11.5 Å². The minimum Gasteiger partial charge on any atom is -0.481 e. The van der Waals surface area contributed by atoms with Crippen molar-refractivity contribution in [2.45, 2.75) is 11.7 Å². The number of ether oxygens (including phenoxy) is 1. The zero-order valence-electron chi connectivity index (χ0n) is 12.7. The number of aliphatic carboxylic acids is 2. The predicted octanol–water partition coefficient (Wildman–Crippen LogP) is 4.36. The highest BCUT2D eigenvalue weighted by atomic mass is 79.9. The molecule has 7 heteroatoms. The van der Waals surface area contributed by atoms with E-state index in [1.54, 1.807) is 48.7 Å². The summed E-state index contributed by atoms with van der Waals surface area (Å²) in [4.78, 5) is 22.3. The van der Waals surface area contributed by atoms with Crippen molar-refractivity contribution in [2.24, 2.45) is 0 Å². The molecule has 0 aliphatic heterocycles. The van der Waals surface area contributed by atoms with E-state index >= 15 is 0 Å². The molecule has 126 valence electrons. The van der Waals surface area contributed by atoms with Gasteiger partial charge in [0.25, 0.3) is 0 Å². The van der Waals surface area contributed by atoms with Crippen LogP contribution in [0.25, 0.3) is 0 Å². The van der Waals surface area contributed by atoms with Crippen molar-refractivity contribution in [3.05, 3.63) is 58.1 Å². The molecule has 0 aromatic heterocycles. The van der Waals surface area contributed by atoms with E-state index in [9.17, 15) is 14.7 Å². The molecule has 0 saturated carbocycles. The Morgan fingerprint density at radius 3 is 2.58 bits per heavy atom. The highest BCUT2D eigenvalue weighted by molar-refractivity contribution is 9.10. The Balaban J connectivity index is 2.36. The van der Waals surface area contributed by atoms with Crippen LogP contribution in [0.1, 0.15) is 16.4 Å². The molecule has 2 aromatic rings. The summed E-state index contributed by atoms with van der Waals surface area (Å²) in [6.45, 7) is 0. The Labute approximate surface area is 151 Å². The predicted molar refractivity (Wildman–Crippen MR) is 95.9 cm³/mol. The first kappa shape index (κ1) is 18.4. The van der Waals surface area contributed by atoms with Crippen molar-refractivity contribution in [1.29, 1.82) is 0 Å². The van der Waals surface area contributed by atoms with E-state index in [4.69, 9.17) is 9.84 Å². The van der Waals surface area contributed by atoms with Crippen molar-refractivity contribution in [1.82, 2.24) is 0 Å². The number of carboxylic acid groups (broad SMARTS) is 2. The van der Waals surface area contributed by atoms with Gasteiger partial charge in [-0.2, -0.15) is 0 Å². The van der Waals surface area contributed by atoms with Gasteiger partial charge in [-0.15, -0.1) is 11.8 Å².